The molecule has 0 N–H and O–H groups in total. The fourth-order valence-electron chi connectivity index (χ4n) is 3.78. The van der Waals surface area contributed by atoms with E-state index in [1.54, 1.807) is 0 Å². The lowest BCUT2D eigenvalue weighted by molar-refractivity contribution is -0.296. The monoisotopic (exact) mass is 326 g/mol. The molecule has 2 atom stereocenters. The summed E-state index contributed by atoms with van der Waals surface area (Å²) in [5.41, 5.74) is 1.89. The smallest absolute Gasteiger partial charge is 0.386 e. The second-order valence-corrected chi connectivity index (χ2v) is 6.12. The van der Waals surface area contributed by atoms with E-state index in [9.17, 15) is 4.79 Å². The number of hydrogen-bond donors (Lipinski definition) is 0. The topological polar surface area (TPSA) is 54.0 Å². The highest BCUT2D eigenvalue weighted by Gasteiger charge is 2.70. The number of hydrogen-bond acceptors (Lipinski definition) is 5. The Hall–Kier alpha value is -2.53. The van der Waals surface area contributed by atoms with Crippen LogP contribution >= 0.6 is 0 Å². The van der Waals surface area contributed by atoms with Crippen LogP contribution in [0.4, 0.5) is 0 Å². The molecule has 0 unspecified atom stereocenters. The standard InChI is InChI=1S/C19H18O5/c1-12-8-9-16-14(10-12)18(11-17(20)21-2)13-6-4-5-7-15(13)23-19(18,22-3)24-16/h4-10H,11H2,1-3H3/t18-,19-/m0/s1. The molecule has 0 amide bonds. The van der Waals surface area contributed by atoms with Crippen molar-refractivity contribution in [3.05, 3.63) is 59.2 Å². The predicted octanol–water partition coefficient (Wildman–Crippen LogP) is 2.93. The van der Waals surface area contributed by atoms with Crippen LogP contribution in [0.25, 0.3) is 0 Å². The molecule has 2 aromatic carbocycles. The second kappa shape index (κ2) is 4.98. The van der Waals surface area contributed by atoms with Gasteiger partial charge in [-0.25, -0.2) is 0 Å². The first kappa shape index (κ1) is 15.0. The maximum absolute atomic E-state index is 12.3. The van der Waals surface area contributed by atoms with Gasteiger partial charge in [0.2, 0.25) is 0 Å². The average molecular weight is 326 g/mol. The second-order valence-electron chi connectivity index (χ2n) is 6.12. The van der Waals surface area contributed by atoms with Crippen molar-refractivity contribution in [2.24, 2.45) is 0 Å². The van der Waals surface area contributed by atoms with Crippen LogP contribution in [0.3, 0.4) is 0 Å². The number of carbonyl (C=O) groups excluding carboxylic acids is 1. The maximum atomic E-state index is 12.3. The lowest BCUT2D eigenvalue weighted by atomic mass is 9.71. The lowest BCUT2D eigenvalue weighted by Crippen LogP contribution is -2.55. The summed E-state index contributed by atoms with van der Waals surface area (Å²) >= 11 is 0. The molecule has 2 aliphatic rings. The normalized spacial score (nSPS) is 26.0. The number of ether oxygens (including phenoxy) is 4. The van der Waals surface area contributed by atoms with Crippen molar-refractivity contribution in [1.82, 2.24) is 0 Å². The Morgan fingerprint density at radius 1 is 1.04 bits per heavy atom. The molecule has 5 heteroatoms. The zero-order valence-corrected chi connectivity index (χ0v) is 13.8. The van der Waals surface area contributed by atoms with Crippen LogP contribution in [0.5, 0.6) is 11.5 Å². The van der Waals surface area contributed by atoms with Crippen molar-refractivity contribution < 1.29 is 23.7 Å². The highest BCUT2D eigenvalue weighted by molar-refractivity contribution is 5.76. The van der Waals surface area contributed by atoms with E-state index in [0.717, 1.165) is 16.7 Å². The number of para-hydroxylation sites is 1. The molecule has 0 saturated heterocycles. The molecule has 124 valence electrons. The summed E-state index contributed by atoms with van der Waals surface area (Å²) < 4.78 is 22.9. The van der Waals surface area contributed by atoms with Crippen LogP contribution in [-0.4, -0.2) is 26.2 Å². The molecular weight excluding hydrogens is 308 g/mol. The van der Waals surface area contributed by atoms with Crippen molar-refractivity contribution in [3.63, 3.8) is 0 Å². The number of fused-ring (bicyclic) bond motifs is 5. The molecule has 0 bridgehead atoms. The van der Waals surface area contributed by atoms with Gasteiger partial charge in [0.25, 0.3) is 0 Å². The number of benzene rings is 2. The zero-order chi connectivity index (χ0) is 16.9. The van der Waals surface area contributed by atoms with Gasteiger partial charge in [-0.15, -0.1) is 0 Å². The van der Waals surface area contributed by atoms with Crippen molar-refractivity contribution in [3.8, 4) is 11.5 Å². The van der Waals surface area contributed by atoms with Crippen LogP contribution in [0.2, 0.25) is 0 Å². The number of rotatable bonds is 3. The first-order chi connectivity index (χ1) is 11.6. The Balaban J connectivity index is 2.04. The summed E-state index contributed by atoms with van der Waals surface area (Å²) in [6.07, 6.45) is 0.0603. The minimum Gasteiger partial charge on any atom is -0.469 e. The molecule has 0 aliphatic carbocycles. The van der Waals surface area contributed by atoms with Crippen molar-refractivity contribution in [1.29, 1.82) is 0 Å². The molecule has 5 nitrogen and oxygen atoms in total. The highest BCUT2D eigenvalue weighted by atomic mass is 16.9. The summed E-state index contributed by atoms with van der Waals surface area (Å²) in [7, 11) is 2.90. The summed E-state index contributed by atoms with van der Waals surface area (Å²) in [6.45, 7) is 2.00. The molecule has 2 heterocycles. The number of aryl methyl sites for hydroxylation is 1. The minimum absolute atomic E-state index is 0.0603. The third-order valence-corrected chi connectivity index (χ3v) is 4.86. The van der Waals surface area contributed by atoms with Crippen LogP contribution in [0.15, 0.2) is 42.5 Å². The number of methoxy groups -OCH3 is 2. The molecular formula is C19H18O5. The van der Waals surface area contributed by atoms with E-state index in [0.29, 0.717) is 11.5 Å². The number of esters is 1. The van der Waals surface area contributed by atoms with Crippen LogP contribution in [-0.2, 0) is 19.7 Å². The van der Waals surface area contributed by atoms with E-state index in [4.69, 9.17) is 18.9 Å². The number of carbonyl (C=O) groups is 1. The van der Waals surface area contributed by atoms with E-state index in [-0.39, 0.29) is 12.4 Å². The zero-order valence-electron chi connectivity index (χ0n) is 13.8. The third-order valence-electron chi connectivity index (χ3n) is 4.86. The third kappa shape index (κ3) is 1.70. The van der Waals surface area contributed by atoms with Crippen LogP contribution in [0, 0.1) is 6.92 Å². The SMILES string of the molecule is COC(=O)C[C@@]12c3ccccc3O[C@]1(OC)Oc1ccc(C)cc12. The van der Waals surface area contributed by atoms with E-state index in [1.807, 2.05) is 49.4 Å². The summed E-state index contributed by atoms with van der Waals surface area (Å²) in [5, 5.41) is 0. The van der Waals surface area contributed by atoms with E-state index in [2.05, 4.69) is 0 Å². The van der Waals surface area contributed by atoms with Gasteiger partial charge in [-0.05, 0) is 19.1 Å². The van der Waals surface area contributed by atoms with Gasteiger partial charge < -0.3 is 18.9 Å². The summed E-state index contributed by atoms with van der Waals surface area (Å²) in [5.74, 6) is -0.466. The van der Waals surface area contributed by atoms with Gasteiger partial charge in [0.05, 0.1) is 13.5 Å². The first-order valence-corrected chi connectivity index (χ1v) is 7.77. The summed E-state index contributed by atoms with van der Waals surface area (Å²) in [6, 6.07) is 13.5. The predicted molar refractivity (Wildman–Crippen MR) is 86.0 cm³/mol. The van der Waals surface area contributed by atoms with Gasteiger partial charge in [-0.3, -0.25) is 4.79 Å². The molecule has 0 aromatic heterocycles. The van der Waals surface area contributed by atoms with Gasteiger partial charge >= 0.3 is 11.9 Å². The molecule has 0 saturated carbocycles. The van der Waals surface area contributed by atoms with E-state index < -0.39 is 11.4 Å². The molecule has 0 radical (unpaired) electrons. The Morgan fingerprint density at radius 3 is 2.46 bits per heavy atom. The Morgan fingerprint density at radius 2 is 1.75 bits per heavy atom. The highest BCUT2D eigenvalue weighted by Crippen LogP contribution is 2.62. The summed E-state index contributed by atoms with van der Waals surface area (Å²) in [4.78, 5) is 12.3. The molecule has 0 spiro atoms. The fraction of sp³-hybridized carbons (Fsp3) is 0.316. The molecule has 2 aromatic rings. The van der Waals surface area contributed by atoms with Crippen molar-refractivity contribution in [2.45, 2.75) is 24.7 Å². The minimum atomic E-state index is -1.42. The quantitative estimate of drug-likeness (QED) is 0.812. The molecule has 4 rings (SSSR count). The Labute approximate surface area is 140 Å². The average Bonchev–Trinajstić information content (AvgIpc) is 3.01. The Kier molecular flexibility index (Phi) is 3.12. The van der Waals surface area contributed by atoms with Gasteiger partial charge in [0, 0.05) is 18.2 Å². The Bertz CT molecular complexity index is 830. The maximum Gasteiger partial charge on any atom is 0.386 e. The van der Waals surface area contributed by atoms with E-state index in [1.165, 1.54) is 14.2 Å². The van der Waals surface area contributed by atoms with Crippen molar-refractivity contribution >= 4 is 5.97 Å². The molecule has 24 heavy (non-hydrogen) atoms. The molecule has 0 fully saturated rings. The van der Waals surface area contributed by atoms with Gasteiger partial charge in [0.1, 0.15) is 16.9 Å². The first-order valence-electron chi connectivity index (χ1n) is 7.77. The molecule has 2 aliphatic heterocycles. The van der Waals surface area contributed by atoms with Crippen LogP contribution < -0.4 is 9.47 Å². The van der Waals surface area contributed by atoms with Gasteiger partial charge in [-0.2, -0.15) is 0 Å². The lowest BCUT2D eigenvalue weighted by Gasteiger charge is -2.34. The van der Waals surface area contributed by atoms with Gasteiger partial charge in [0.15, 0.2) is 0 Å². The van der Waals surface area contributed by atoms with E-state index >= 15 is 0 Å². The van der Waals surface area contributed by atoms with Crippen molar-refractivity contribution in [2.75, 3.05) is 14.2 Å². The largest absolute Gasteiger partial charge is 0.469 e. The van der Waals surface area contributed by atoms with Crippen LogP contribution in [0.1, 0.15) is 23.1 Å². The van der Waals surface area contributed by atoms with Gasteiger partial charge in [-0.1, -0.05) is 35.9 Å². The fourth-order valence-corrected chi connectivity index (χ4v) is 3.78.